The summed E-state index contributed by atoms with van der Waals surface area (Å²) in [6.07, 6.45) is 11.4. The van der Waals surface area contributed by atoms with Crippen LogP contribution in [0.5, 0.6) is 0 Å². The summed E-state index contributed by atoms with van der Waals surface area (Å²) in [7, 11) is 0. The normalized spacial score (nSPS) is 14.0. The fourth-order valence-corrected chi connectivity index (χ4v) is 0.945. The maximum absolute atomic E-state index is 4.17. The first kappa shape index (κ1) is 16.0. The van der Waals surface area contributed by atoms with Gasteiger partial charge in [0.15, 0.2) is 0 Å². The Kier molecular flexibility index (Phi) is 8.12. The Morgan fingerprint density at radius 2 is 1.06 bits per heavy atom. The van der Waals surface area contributed by atoms with Crippen molar-refractivity contribution >= 4 is 0 Å². The summed E-state index contributed by atoms with van der Waals surface area (Å²) in [6, 6.07) is 0. The minimum absolute atomic E-state index is 0.807. The van der Waals surface area contributed by atoms with E-state index in [9.17, 15) is 0 Å². The van der Waals surface area contributed by atoms with Crippen LogP contribution in [0.2, 0.25) is 0 Å². The van der Waals surface area contributed by atoms with Crippen LogP contribution in [-0.2, 0) is 0 Å². The lowest BCUT2D eigenvalue weighted by Gasteiger charge is -1.94. The van der Waals surface area contributed by atoms with E-state index in [1.54, 1.807) is 0 Å². The molecule has 0 aliphatic rings. The maximum atomic E-state index is 4.17. The molecule has 0 rings (SSSR count). The van der Waals surface area contributed by atoms with Crippen molar-refractivity contribution in [2.45, 2.75) is 27.7 Å². The summed E-state index contributed by atoms with van der Waals surface area (Å²) >= 11 is 0. The molecule has 0 heterocycles. The van der Waals surface area contributed by atoms with Crippen molar-refractivity contribution in [3.05, 3.63) is 72.2 Å². The Morgan fingerprint density at radius 3 is 1.28 bits per heavy atom. The number of hydrogen-bond donors (Lipinski definition) is 0. The highest BCUT2D eigenvalue weighted by Gasteiger charge is 1.89. The van der Waals surface area contributed by atoms with Gasteiger partial charge < -0.3 is 0 Å². The second-order valence-corrected chi connectivity index (χ2v) is 3.99. The fraction of sp³-hybridized carbons (Fsp3) is 0.250. The van der Waals surface area contributed by atoms with Crippen LogP contribution in [0.4, 0.5) is 0 Å². The molecule has 0 amide bonds. The van der Waals surface area contributed by atoms with Crippen molar-refractivity contribution in [3.8, 4) is 0 Å². The van der Waals surface area contributed by atoms with Gasteiger partial charge in [0.2, 0.25) is 0 Å². The van der Waals surface area contributed by atoms with E-state index in [0.29, 0.717) is 0 Å². The van der Waals surface area contributed by atoms with Gasteiger partial charge in [0, 0.05) is 0 Å². The minimum atomic E-state index is 0.807. The van der Waals surface area contributed by atoms with E-state index in [4.69, 9.17) is 0 Å². The van der Waals surface area contributed by atoms with Crippen molar-refractivity contribution in [1.82, 2.24) is 0 Å². The lowest BCUT2D eigenvalue weighted by molar-refractivity contribution is 1.11. The molecule has 0 saturated carbocycles. The largest absolute Gasteiger partial charge is 0.151 e. The van der Waals surface area contributed by atoms with Crippen LogP contribution in [0, 0.1) is 0 Å². The molecule has 0 aromatic carbocycles. The molecule has 0 N–H and O–H groups in total. The number of hydrogen-bond acceptors (Lipinski definition) is 2. The second kappa shape index (κ2) is 9.11. The summed E-state index contributed by atoms with van der Waals surface area (Å²) in [4.78, 5) is 0. The number of azo groups is 1. The minimum Gasteiger partial charge on any atom is -0.151 e. The topological polar surface area (TPSA) is 24.7 Å². The summed E-state index contributed by atoms with van der Waals surface area (Å²) in [5.41, 5.74) is 3.58. The Bertz CT molecular complexity index is 402. The van der Waals surface area contributed by atoms with E-state index in [0.717, 1.165) is 22.5 Å². The van der Waals surface area contributed by atoms with E-state index >= 15 is 0 Å². The van der Waals surface area contributed by atoms with E-state index in [-0.39, 0.29) is 0 Å². The zero-order valence-corrected chi connectivity index (χ0v) is 11.8. The summed E-state index contributed by atoms with van der Waals surface area (Å²) < 4.78 is 0. The molecule has 0 aliphatic carbocycles. The van der Waals surface area contributed by atoms with Crippen LogP contribution in [0.1, 0.15) is 27.7 Å². The SMILES string of the molecule is C=C(C)\C=C/C(=C\C)/N=N/C(/C=C\C(=C)C)=C/C. The smallest absolute Gasteiger partial charge is 0.0814 e. The van der Waals surface area contributed by atoms with Gasteiger partial charge in [-0.05, 0) is 39.8 Å². The zero-order chi connectivity index (χ0) is 14.0. The standard InChI is InChI=1S/C16H22N2/c1-7-15(11-9-13(3)4)17-18-16(8-2)12-10-14(5)6/h7-12H,3,5H2,1-2,4,6H3/b11-9-,12-10-,15-7+,16-8+,18-17+. The van der Waals surface area contributed by atoms with Gasteiger partial charge in [-0.25, -0.2) is 0 Å². The number of nitrogens with zero attached hydrogens (tertiary/aromatic N) is 2. The highest BCUT2D eigenvalue weighted by atomic mass is 15.1. The van der Waals surface area contributed by atoms with Gasteiger partial charge >= 0.3 is 0 Å². The number of rotatable bonds is 6. The van der Waals surface area contributed by atoms with Gasteiger partial charge in [-0.1, -0.05) is 48.6 Å². The van der Waals surface area contributed by atoms with Crippen LogP contribution < -0.4 is 0 Å². The molecule has 2 heteroatoms. The Labute approximate surface area is 111 Å². The number of allylic oxidation sites excluding steroid dienone is 8. The molecule has 0 aromatic heterocycles. The molecule has 2 nitrogen and oxygen atoms in total. The third-order valence-corrected chi connectivity index (χ3v) is 1.95. The molecular formula is C16H22N2. The highest BCUT2D eigenvalue weighted by molar-refractivity contribution is 5.26. The quantitative estimate of drug-likeness (QED) is 0.433. The Hall–Kier alpha value is -1.96. The van der Waals surface area contributed by atoms with Crippen LogP contribution >= 0.6 is 0 Å². The predicted molar refractivity (Wildman–Crippen MR) is 80.3 cm³/mol. The average Bonchev–Trinajstić information content (AvgIpc) is 2.32. The van der Waals surface area contributed by atoms with Gasteiger partial charge in [-0.3, -0.25) is 0 Å². The molecule has 0 saturated heterocycles. The van der Waals surface area contributed by atoms with Gasteiger partial charge in [0.05, 0.1) is 11.4 Å². The molecule has 0 unspecified atom stereocenters. The molecule has 0 bridgehead atoms. The van der Waals surface area contributed by atoms with E-state index < -0.39 is 0 Å². The first-order valence-electron chi connectivity index (χ1n) is 5.91. The third kappa shape index (κ3) is 8.22. The lowest BCUT2D eigenvalue weighted by Crippen LogP contribution is -1.74. The van der Waals surface area contributed by atoms with Crippen LogP contribution in [-0.4, -0.2) is 0 Å². The van der Waals surface area contributed by atoms with Crippen LogP contribution in [0.15, 0.2) is 82.4 Å². The molecular weight excluding hydrogens is 220 g/mol. The summed E-state index contributed by atoms with van der Waals surface area (Å²) in [5.74, 6) is 0. The fourth-order valence-electron chi connectivity index (χ4n) is 0.945. The third-order valence-electron chi connectivity index (χ3n) is 1.95. The van der Waals surface area contributed by atoms with Crippen molar-refractivity contribution in [3.63, 3.8) is 0 Å². The summed E-state index contributed by atoms with van der Waals surface area (Å²) in [6.45, 7) is 15.3. The lowest BCUT2D eigenvalue weighted by atomic mass is 10.3. The molecule has 0 spiro atoms. The van der Waals surface area contributed by atoms with Crippen molar-refractivity contribution in [1.29, 1.82) is 0 Å². The van der Waals surface area contributed by atoms with Crippen molar-refractivity contribution in [2.24, 2.45) is 10.2 Å². The molecule has 0 aromatic rings. The molecule has 0 radical (unpaired) electrons. The van der Waals surface area contributed by atoms with Gasteiger partial charge in [0.1, 0.15) is 0 Å². The van der Waals surface area contributed by atoms with E-state index in [1.165, 1.54) is 0 Å². The van der Waals surface area contributed by atoms with E-state index in [1.807, 2.05) is 64.2 Å². The van der Waals surface area contributed by atoms with Crippen molar-refractivity contribution in [2.75, 3.05) is 0 Å². The monoisotopic (exact) mass is 242 g/mol. The average molecular weight is 242 g/mol. The molecule has 96 valence electrons. The van der Waals surface area contributed by atoms with Crippen LogP contribution in [0.25, 0.3) is 0 Å². The van der Waals surface area contributed by atoms with Crippen molar-refractivity contribution < 1.29 is 0 Å². The van der Waals surface area contributed by atoms with Gasteiger partial charge in [-0.2, -0.15) is 10.2 Å². The summed E-state index contributed by atoms with van der Waals surface area (Å²) in [5, 5.41) is 8.34. The maximum Gasteiger partial charge on any atom is 0.0814 e. The van der Waals surface area contributed by atoms with Crippen LogP contribution in [0.3, 0.4) is 0 Å². The van der Waals surface area contributed by atoms with Gasteiger partial charge in [-0.15, -0.1) is 0 Å². The highest BCUT2D eigenvalue weighted by Crippen LogP contribution is 2.08. The Balaban J connectivity index is 4.78. The van der Waals surface area contributed by atoms with Gasteiger partial charge in [0.25, 0.3) is 0 Å². The predicted octanol–water partition coefficient (Wildman–Crippen LogP) is 5.51. The molecule has 0 atom stereocenters. The molecule has 0 fully saturated rings. The van der Waals surface area contributed by atoms with E-state index in [2.05, 4.69) is 23.4 Å². The molecule has 0 aliphatic heterocycles. The second-order valence-electron chi connectivity index (χ2n) is 3.99. The first-order chi connectivity index (χ1) is 8.49. The molecule has 18 heavy (non-hydrogen) atoms. The first-order valence-corrected chi connectivity index (χ1v) is 5.91. The Morgan fingerprint density at radius 1 is 0.722 bits per heavy atom. The zero-order valence-electron chi connectivity index (χ0n) is 11.8.